The van der Waals surface area contributed by atoms with E-state index in [2.05, 4.69) is 44.8 Å². The average molecular weight is 272 g/mol. The lowest BCUT2D eigenvalue weighted by molar-refractivity contribution is -0.129. The van der Waals surface area contributed by atoms with E-state index in [1.165, 1.54) is 0 Å². The summed E-state index contributed by atoms with van der Waals surface area (Å²) >= 11 is 0. The summed E-state index contributed by atoms with van der Waals surface area (Å²) in [6.07, 6.45) is 2.34. The number of rotatable bonds is 7. The predicted molar refractivity (Wildman–Crippen MR) is 79.5 cm³/mol. The van der Waals surface area contributed by atoms with Gasteiger partial charge in [-0.25, -0.2) is 0 Å². The zero-order chi connectivity index (χ0) is 14.5. The fourth-order valence-corrected chi connectivity index (χ4v) is 2.81. The van der Waals surface area contributed by atoms with Gasteiger partial charge in [-0.15, -0.1) is 0 Å². The first-order valence-electron chi connectivity index (χ1n) is 7.56. The first kappa shape index (κ1) is 16.9. The van der Waals surface area contributed by atoms with E-state index < -0.39 is 0 Å². The summed E-state index contributed by atoms with van der Waals surface area (Å²) in [4.78, 5) is 2.45. The normalized spacial score (nSPS) is 27.2. The van der Waals surface area contributed by atoms with Crippen molar-refractivity contribution in [2.24, 2.45) is 0 Å². The van der Waals surface area contributed by atoms with E-state index >= 15 is 0 Å². The van der Waals surface area contributed by atoms with Crippen LogP contribution < -0.4 is 5.32 Å². The molecule has 0 aliphatic carbocycles. The Kier molecular flexibility index (Phi) is 6.24. The number of hydrogen-bond donors (Lipinski definition) is 2. The summed E-state index contributed by atoms with van der Waals surface area (Å²) in [6, 6.07) is 0. The van der Waals surface area contributed by atoms with Crippen LogP contribution in [0.4, 0.5) is 0 Å². The Hall–Kier alpha value is -0.160. The van der Waals surface area contributed by atoms with Crippen LogP contribution in [0.15, 0.2) is 0 Å². The minimum atomic E-state index is -0.165. The van der Waals surface area contributed by atoms with E-state index in [1.807, 2.05) is 0 Å². The van der Waals surface area contributed by atoms with E-state index in [9.17, 15) is 5.11 Å². The standard InChI is InChI=1S/C15H32N2O2/c1-6-8-16-15(5,12-18)7-9-17-10-13(2)19-14(3,4)11-17/h13,16,18H,6-12H2,1-5H3. The van der Waals surface area contributed by atoms with Crippen molar-refractivity contribution in [2.75, 3.05) is 32.8 Å². The Morgan fingerprint density at radius 3 is 2.68 bits per heavy atom. The van der Waals surface area contributed by atoms with E-state index in [0.29, 0.717) is 0 Å². The minimum absolute atomic E-state index is 0.0653. The topological polar surface area (TPSA) is 44.7 Å². The molecule has 2 N–H and O–H groups in total. The van der Waals surface area contributed by atoms with Crippen LogP contribution in [-0.4, -0.2) is 60.0 Å². The van der Waals surface area contributed by atoms with Crippen molar-refractivity contribution >= 4 is 0 Å². The van der Waals surface area contributed by atoms with Crippen molar-refractivity contribution in [3.8, 4) is 0 Å². The number of nitrogens with zero attached hydrogens (tertiary/aromatic N) is 1. The Bertz CT molecular complexity index is 271. The second-order valence-electron chi connectivity index (χ2n) is 6.82. The fourth-order valence-electron chi connectivity index (χ4n) is 2.81. The van der Waals surface area contributed by atoms with Crippen LogP contribution in [-0.2, 0) is 4.74 Å². The zero-order valence-corrected chi connectivity index (χ0v) is 13.3. The highest BCUT2D eigenvalue weighted by atomic mass is 16.5. The van der Waals surface area contributed by atoms with Gasteiger partial charge >= 0.3 is 0 Å². The van der Waals surface area contributed by atoms with Crippen molar-refractivity contribution < 1.29 is 9.84 Å². The molecule has 0 aromatic rings. The Labute approximate surface area is 118 Å². The first-order chi connectivity index (χ1) is 8.80. The molecular formula is C15H32N2O2. The van der Waals surface area contributed by atoms with E-state index in [-0.39, 0.29) is 23.9 Å². The molecule has 0 radical (unpaired) electrons. The van der Waals surface area contributed by atoms with Crippen LogP contribution >= 0.6 is 0 Å². The molecule has 4 heteroatoms. The van der Waals surface area contributed by atoms with Crippen molar-refractivity contribution in [3.63, 3.8) is 0 Å². The van der Waals surface area contributed by atoms with Gasteiger partial charge in [0.15, 0.2) is 0 Å². The number of morpholine rings is 1. The van der Waals surface area contributed by atoms with Gasteiger partial charge in [-0.05, 0) is 47.1 Å². The molecule has 1 aliphatic heterocycles. The largest absolute Gasteiger partial charge is 0.394 e. The molecule has 0 aromatic carbocycles. The molecule has 0 saturated carbocycles. The molecule has 2 unspecified atom stereocenters. The van der Waals surface area contributed by atoms with E-state index in [1.54, 1.807) is 0 Å². The fraction of sp³-hybridized carbons (Fsp3) is 1.00. The summed E-state index contributed by atoms with van der Waals surface area (Å²) in [7, 11) is 0. The number of nitrogens with one attached hydrogen (secondary N) is 1. The molecule has 1 fully saturated rings. The second kappa shape index (κ2) is 7.02. The Morgan fingerprint density at radius 1 is 1.47 bits per heavy atom. The summed E-state index contributed by atoms with van der Waals surface area (Å²) in [6.45, 7) is 14.8. The summed E-state index contributed by atoms with van der Waals surface area (Å²) < 4.78 is 5.92. The highest BCUT2D eigenvalue weighted by Crippen LogP contribution is 2.22. The lowest BCUT2D eigenvalue weighted by Gasteiger charge is -2.43. The summed E-state index contributed by atoms with van der Waals surface area (Å²) in [5.74, 6) is 0. The summed E-state index contributed by atoms with van der Waals surface area (Å²) in [5.41, 5.74) is -0.230. The maximum Gasteiger partial charge on any atom is 0.0757 e. The van der Waals surface area contributed by atoms with Crippen LogP contribution in [0.2, 0.25) is 0 Å². The third-order valence-corrected chi connectivity index (χ3v) is 3.77. The quantitative estimate of drug-likeness (QED) is 0.739. The molecule has 0 amide bonds. The van der Waals surface area contributed by atoms with Crippen LogP contribution in [0.5, 0.6) is 0 Å². The average Bonchev–Trinajstić information content (AvgIpc) is 2.31. The molecule has 114 valence electrons. The van der Waals surface area contributed by atoms with Crippen molar-refractivity contribution in [3.05, 3.63) is 0 Å². The molecular weight excluding hydrogens is 240 g/mol. The number of aliphatic hydroxyl groups excluding tert-OH is 1. The van der Waals surface area contributed by atoms with Crippen LogP contribution in [0.1, 0.15) is 47.5 Å². The molecule has 2 atom stereocenters. The lowest BCUT2D eigenvalue weighted by atomic mass is 9.97. The number of aliphatic hydroxyl groups is 1. The SMILES string of the molecule is CCCNC(C)(CO)CCN1CC(C)OC(C)(C)C1. The molecule has 1 heterocycles. The van der Waals surface area contributed by atoms with Gasteiger partial charge in [-0.1, -0.05) is 6.92 Å². The predicted octanol–water partition coefficient (Wildman–Crippen LogP) is 1.63. The molecule has 19 heavy (non-hydrogen) atoms. The third kappa shape index (κ3) is 5.78. The van der Waals surface area contributed by atoms with Crippen molar-refractivity contribution in [2.45, 2.75) is 64.7 Å². The van der Waals surface area contributed by atoms with Crippen LogP contribution in [0, 0.1) is 0 Å². The molecule has 0 bridgehead atoms. The zero-order valence-electron chi connectivity index (χ0n) is 13.3. The molecule has 0 aromatic heterocycles. The van der Waals surface area contributed by atoms with Gasteiger partial charge in [0.1, 0.15) is 0 Å². The highest BCUT2D eigenvalue weighted by Gasteiger charge is 2.32. The second-order valence-corrected chi connectivity index (χ2v) is 6.82. The minimum Gasteiger partial charge on any atom is -0.394 e. The smallest absolute Gasteiger partial charge is 0.0757 e. The van der Waals surface area contributed by atoms with Gasteiger partial charge < -0.3 is 15.2 Å². The monoisotopic (exact) mass is 272 g/mol. The Morgan fingerprint density at radius 2 is 2.16 bits per heavy atom. The Balaban J connectivity index is 2.45. The third-order valence-electron chi connectivity index (χ3n) is 3.77. The maximum absolute atomic E-state index is 9.59. The number of ether oxygens (including phenoxy) is 1. The van der Waals surface area contributed by atoms with Gasteiger partial charge in [-0.2, -0.15) is 0 Å². The van der Waals surface area contributed by atoms with Gasteiger partial charge in [0, 0.05) is 25.2 Å². The van der Waals surface area contributed by atoms with Crippen LogP contribution in [0.3, 0.4) is 0 Å². The lowest BCUT2D eigenvalue weighted by Crippen LogP contribution is -2.54. The molecule has 1 saturated heterocycles. The molecule has 1 rings (SSSR count). The summed E-state index contributed by atoms with van der Waals surface area (Å²) in [5, 5.41) is 13.0. The van der Waals surface area contributed by atoms with Crippen LogP contribution in [0.25, 0.3) is 0 Å². The van der Waals surface area contributed by atoms with Crippen molar-refractivity contribution in [1.29, 1.82) is 0 Å². The van der Waals surface area contributed by atoms with E-state index in [0.717, 1.165) is 39.0 Å². The van der Waals surface area contributed by atoms with Crippen molar-refractivity contribution in [1.82, 2.24) is 10.2 Å². The molecule has 0 spiro atoms. The molecule has 1 aliphatic rings. The van der Waals surface area contributed by atoms with E-state index in [4.69, 9.17) is 4.74 Å². The number of hydrogen-bond acceptors (Lipinski definition) is 4. The highest BCUT2D eigenvalue weighted by molar-refractivity contribution is 4.87. The van der Waals surface area contributed by atoms with Gasteiger partial charge in [0.05, 0.1) is 18.3 Å². The maximum atomic E-state index is 9.59. The van der Waals surface area contributed by atoms with Gasteiger partial charge in [0.25, 0.3) is 0 Å². The first-order valence-corrected chi connectivity index (χ1v) is 7.56. The van der Waals surface area contributed by atoms with Gasteiger partial charge in [0.2, 0.25) is 0 Å². The molecule has 4 nitrogen and oxygen atoms in total. The van der Waals surface area contributed by atoms with Gasteiger partial charge in [-0.3, -0.25) is 4.90 Å².